The highest BCUT2D eigenvalue weighted by Gasteiger charge is 2.61. The van der Waals surface area contributed by atoms with Gasteiger partial charge in [0.1, 0.15) is 5.60 Å². The van der Waals surface area contributed by atoms with E-state index in [1.807, 2.05) is 71.0 Å². The number of nitrogens with zero attached hydrogens (tertiary/aromatic N) is 2. The van der Waals surface area contributed by atoms with Crippen LogP contribution in [-0.4, -0.2) is 40.6 Å². The van der Waals surface area contributed by atoms with Gasteiger partial charge in [-0.25, -0.2) is 4.79 Å². The second-order valence-corrected chi connectivity index (χ2v) is 9.74. The summed E-state index contributed by atoms with van der Waals surface area (Å²) in [5, 5.41) is 4.25. The Kier molecular flexibility index (Phi) is 4.56. The maximum Gasteiger partial charge on any atom is 0.410 e. The lowest BCUT2D eigenvalue weighted by atomic mass is 9.98. The number of pyridine rings is 1. The molecule has 2 amide bonds. The van der Waals surface area contributed by atoms with Crippen molar-refractivity contribution in [3.63, 3.8) is 0 Å². The minimum atomic E-state index is -0.567. The number of ether oxygens (including phenoxy) is 1. The number of likely N-dealkylation sites (tertiary alicyclic amines) is 1. The van der Waals surface area contributed by atoms with Gasteiger partial charge in [-0.15, -0.1) is 0 Å². The van der Waals surface area contributed by atoms with Crippen molar-refractivity contribution in [3.8, 4) is 0 Å². The predicted molar refractivity (Wildman–Crippen MR) is 111 cm³/mol. The van der Waals surface area contributed by atoms with Gasteiger partial charge in [-0.1, -0.05) is 24.3 Å². The summed E-state index contributed by atoms with van der Waals surface area (Å²) in [5.41, 5.74) is 0.690. The maximum absolute atomic E-state index is 12.9. The Labute approximate surface area is 171 Å². The summed E-state index contributed by atoms with van der Waals surface area (Å²) in [6, 6.07) is 12.0. The molecule has 1 saturated heterocycles. The van der Waals surface area contributed by atoms with Crippen molar-refractivity contribution in [3.05, 3.63) is 42.1 Å². The molecule has 0 spiro atoms. The Balaban J connectivity index is 1.37. The summed E-state index contributed by atoms with van der Waals surface area (Å²) >= 11 is 0. The highest BCUT2D eigenvalue weighted by Crippen LogP contribution is 2.52. The van der Waals surface area contributed by atoms with E-state index in [2.05, 4.69) is 5.32 Å². The number of fused-ring (bicyclic) bond motifs is 2. The van der Waals surface area contributed by atoms with E-state index in [0.717, 1.165) is 16.6 Å². The lowest BCUT2D eigenvalue weighted by Gasteiger charge is -2.28. The molecule has 2 fully saturated rings. The lowest BCUT2D eigenvalue weighted by Crippen LogP contribution is -2.44. The summed E-state index contributed by atoms with van der Waals surface area (Å²) in [4.78, 5) is 31.6. The van der Waals surface area contributed by atoms with E-state index >= 15 is 0 Å². The standard InChI is InChI=1S/C23H29N3O3/c1-22(2,3)29-21(28)26-12-15-16(13-26)19(15)20(27)25-23(4,5)18-11-10-14-8-6-7-9-17(14)24-18/h6-11,15-16,19H,12-13H2,1-5H3,(H,25,27)/t15-,16+,19+. The van der Waals surface area contributed by atoms with E-state index in [4.69, 9.17) is 9.72 Å². The number of nitrogens with one attached hydrogen (secondary N) is 1. The average molecular weight is 396 g/mol. The van der Waals surface area contributed by atoms with Crippen LogP contribution in [0.15, 0.2) is 36.4 Å². The fraction of sp³-hybridized carbons (Fsp3) is 0.522. The molecule has 0 unspecified atom stereocenters. The Morgan fingerprint density at radius 2 is 1.69 bits per heavy atom. The van der Waals surface area contributed by atoms with Gasteiger partial charge in [0.25, 0.3) is 0 Å². The molecule has 1 aromatic carbocycles. The third kappa shape index (κ3) is 3.93. The van der Waals surface area contributed by atoms with Gasteiger partial charge in [-0.3, -0.25) is 9.78 Å². The number of hydrogen-bond donors (Lipinski definition) is 1. The van der Waals surface area contributed by atoms with Crippen molar-refractivity contribution in [2.45, 2.75) is 45.8 Å². The topological polar surface area (TPSA) is 71.5 Å². The summed E-state index contributed by atoms with van der Waals surface area (Å²) in [5.74, 6) is 0.461. The number of piperidine rings is 1. The van der Waals surface area contributed by atoms with Gasteiger partial charge in [0.05, 0.1) is 16.7 Å². The first-order valence-electron chi connectivity index (χ1n) is 10.2. The summed E-state index contributed by atoms with van der Waals surface area (Å²) in [6.07, 6.45) is -0.287. The van der Waals surface area contributed by atoms with Crippen LogP contribution in [0.25, 0.3) is 10.9 Å². The van der Waals surface area contributed by atoms with Crippen LogP contribution in [0, 0.1) is 17.8 Å². The van der Waals surface area contributed by atoms with E-state index < -0.39 is 11.1 Å². The lowest BCUT2D eigenvalue weighted by molar-refractivity contribution is -0.125. The van der Waals surface area contributed by atoms with Gasteiger partial charge < -0.3 is 15.0 Å². The molecule has 154 valence electrons. The molecule has 0 radical (unpaired) electrons. The molecule has 2 aliphatic rings. The van der Waals surface area contributed by atoms with E-state index in [0.29, 0.717) is 13.1 Å². The number of aromatic nitrogens is 1. The van der Waals surface area contributed by atoms with Crippen LogP contribution in [-0.2, 0) is 15.1 Å². The molecule has 29 heavy (non-hydrogen) atoms. The smallest absolute Gasteiger partial charge is 0.410 e. The SMILES string of the molecule is CC(C)(C)OC(=O)N1C[C@@H]2[C@H](C1)[C@H]2C(=O)NC(C)(C)c1ccc2ccccc2n1. The van der Waals surface area contributed by atoms with E-state index in [9.17, 15) is 9.59 Å². The number of carbonyl (C=O) groups is 2. The van der Waals surface area contributed by atoms with Crippen molar-refractivity contribution in [1.82, 2.24) is 15.2 Å². The molecule has 1 saturated carbocycles. The third-order valence-electron chi connectivity index (χ3n) is 5.82. The molecular formula is C23H29N3O3. The molecule has 2 heterocycles. The zero-order valence-corrected chi connectivity index (χ0v) is 17.7. The van der Waals surface area contributed by atoms with E-state index in [1.165, 1.54) is 0 Å². The van der Waals surface area contributed by atoms with Crippen LogP contribution >= 0.6 is 0 Å². The first-order valence-corrected chi connectivity index (χ1v) is 10.2. The van der Waals surface area contributed by atoms with Crippen LogP contribution in [0.1, 0.15) is 40.3 Å². The molecule has 1 aliphatic carbocycles. The number of amides is 2. The molecular weight excluding hydrogens is 366 g/mol. The van der Waals surface area contributed by atoms with Crippen molar-refractivity contribution < 1.29 is 14.3 Å². The normalized spacial score (nSPS) is 23.6. The number of rotatable bonds is 3. The van der Waals surface area contributed by atoms with Gasteiger partial charge in [-0.05, 0) is 58.6 Å². The van der Waals surface area contributed by atoms with Crippen LogP contribution < -0.4 is 5.32 Å². The van der Waals surface area contributed by atoms with Crippen LogP contribution in [0.2, 0.25) is 0 Å². The van der Waals surface area contributed by atoms with Crippen LogP contribution in [0.5, 0.6) is 0 Å². The van der Waals surface area contributed by atoms with Crippen LogP contribution in [0.3, 0.4) is 0 Å². The number of carbonyl (C=O) groups excluding carboxylic acids is 2. The zero-order chi connectivity index (χ0) is 21.0. The number of hydrogen-bond acceptors (Lipinski definition) is 4. The molecule has 2 aromatic rings. The van der Waals surface area contributed by atoms with Crippen molar-refractivity contribution >= 4 is 22.9 Å². The van der Waals surface area contributed by atoms with E-state index in [-0.39, 0.29) is 29.8 Å². The first-order chi connectivity index (χ1) is 13.5. The highest BCUT2D eigenvalue weighted by molar-refractivity contribution is 5.84. The van der Waals surface area contributed by atoms with Gasteiger partial charge in [0, 0.05) is 24.4 Å². The summed E-state index contributed by atoms with van der Waals surface area (Å²) < 4.78 is 5.44. The van der Waals surface area contributed by atoms with Gasteiger partial charge >= 0.3 is 6.09 Å². The van der Waals surface area contributed by atoms with Crippen molar-refractivity contribution in [2.24, 2.45) is 17.8 Å². The highest BCUT2D eigenvalue weighted by atomic mass is 16.6. The largest absolute Gasteiger partial charge is 0.444 e. The number of benzene rings is 1. The van der Waals surface area contributed by atoms with Crippen molar-refractivity contribution in [1.29, 1.82) is 0 Å². The Morgan fingerprint density at radius 3 is 2.34 bits per heavy atom. The second-order valence-electron chi connectivity index (χ2n) is 9.74. The quantitative estimate of drug-likeness (QED) is 0.860. The number of para-hydroxylation sites is 1. The molecule has 1 N–H and O–H groups in total. The van der Waals surface area contributed by atoms with Gasteiger partial charge in [0.15, 0.2) is 0 Å². The molecule has 1 aromatic heterocycles. The summed E-state index contributed by atoms with van der Waals surface area (Å²) in [7, 11) is 0. The Morgan fingerprint density at radius 1 is 1.03 bits per heavy atom. The minimum Gasteiger partial charge on any atom is -0.444 e. The predicted octanol–water partition coefficient (Wildman–Crippen LogP) is 3.70. The first kappa shape index (κ1) is 19.7. The fourth-order valence-electron chi connectivity index (χ4n) is 4.26. The molecule has 1 aliphatic heterocycles. The molecule has 6 heteroatoms. The van der Waals surface area contributed by atoms with Gasteiger partial charge in [0.2, 0.25) is 5.91 Å². The van der Waals surface area contributed by atoms with Gasteiger partial charge in [-0.2, -0.15) is 0 Å². The fourth-order valence-corrected chi connectivity index (χ4v) is 4.26. The third-order valence-corrected chi connectivity index (χ3v) is 5.82. The summed E-state index contributed by atoms with van der Waals surface area (Å²) in [6.45, 7) is 10.7. The Hall–Kier alpha value is -2.63. The van der Waals surface area contributed by atoms with Crippen LogP contribution in [0.4, 0.5) is 4.79 Å². The van der Waals surface area contributed by atoms with E-state index in [1.54, 1.807) is 4.90 Å². The Bertz CT molecular complexity index is 951. The molecule has 4 rings (SSSR count). The monoisotopic (exact) mass is 395 g/mol. The average Bonchev–Trinajstić information content (AvgIpc) is 3.14. The molecule has 6 nitrogen and oxygen atoms in total. The second kappa shape index (κ2) is 6.71. The minimum absolute atomic E-state index is 0.0339. The van der Waals surface area contributed by atoms with Crippen molar-refractivity contribution in [2.75, 3.05) is 13.1 Å². The molecule has 0 bridgehead atoms. The maximum atomic E-state index is 12.9. The zero-order valence-electron chi connectivity index (χ0n) is 17.7. The molecule has 3 atom stereocenters.